The van der Waals surface area contributed by atoms with Gasteiger partial charge in [-0.2, -0.15) is 0 Å². The molecule has 46 heavy (non-hydrogen) atoms. The molecule has 0 aliphatic heterocycles. The van der Waals surface area contributed by atoms with Crippen molar-refractivity contribution in [2.75, 3.05) is 12.0 Å². The van der Waals surface area contributed by atoms with Crippen molar-refractivity contribution in [3.63, 3.8) is 0 Å². The Labute approximate surface area is 265 Å². The molecule has 2 aromatic carbocycles. The monoisotopic (exact) mass is 653 g/mol. The van der Waals surface area contributed by atoms with Gasteiger partial charge in [-0.15, -0.1) is 0 Å². The number of carbonyl (C=O) groups is 5. The first-order chi connectivity index (χ1) is 21.9. The molecular weight excluding hydrogens is 618 g/mol. The molecule has 0 saturated carbocycles. The van der Waals surface area contributed by atoms with Gasteiger partial charge in [-0.1, -0.05) is 47.6 Å². The summed E-state index contributed by atoms with van der Waals surface area (Å²) in [5.41, 5.74) is 22.7. The molecule has 3 aromatic rings. The molecule has 0 aliphatic rings. The highest BCUT2D eigenvalue weighted by Crippen LogP contribution is 2.19. The van der Waals surface area contributed by atoms with E-state index in [-0.39, 0.29) is 25.0 Å². The Morgan fingerprint density at radius 2 is 1.59 bits per heavy atom. The van der Waals surface area contributed by atoms with Gasteiger partial charge in [-0.25, -0.2) is 0 Å². The molecule has 0 bridgehead atoms. The van der Waals surface area contributed by atoms with Crippen molar-refractivity contribution in [2.45, 2.75) is 49.9 Å². The summed E-state index contributed by atoms with van der Waals surface area (Å²) in [4.78, 5) is 69.1. The number of para-hydroxylation sites is 1. The maximum atomic E-state index is 13.3. The molecule has 17 heteroatoms. The number of nitrogens with zero attached hydrogens (tertiary/aromatic N) is 3. The summed E-state index contributed by atoms with van der Waals surface area (Å²) >= 11 is 0. The van der Waals surface area contributed by atoms with E-state index in [1.165, 1.54) is 18.4 Å². The molecule has 1 aromatic heterocycles. The summed E-state index contributed by atoms with van der Waals surface area (Å²) in [6.45, 7) is 0. The first-order valence-corrected chi connectivity index (χ1v) is 15.8. The zero-order valence-electron chi connectivity index (χ0n) is 24.8. The van der Waals surface area contributed by atoms with Crippen LogP contribution in [0.2, 0.25) is 0 Å². The van der Waals surface area contributed by atoms with Crippen LogP contribution in [-0.4, -0.2) is 80.1 Å². The Morgan fingerprint density at radius 1 is 0.957 bits per heavy atom. The number of nitrogens with two attached hydrogens (primary N) is 2. The average Bonchev–Trinajstić information content (AvgIpc) is 3.41. The van der Waals surface area contributed by atoms with E-state index in [1.54, 1.807) is 18.3 Å². The lowest BCUT2D eigenvalue weighted by atomic mass is 10.0. The second-order valence-electron chi connectivity index (χ2n) is 10.5. The molecule has 0 saturated heterocycles. The van der Waals surface area contributed by atoms with Crippen LogP contribution in [0.3, 0.4) is 0 Å². The molecule has 1 unspecified atom stereocenters. The van der Waals surface area contributed by atoms with Crippen LogP contribution in [0.1, 0.15) is 24.0 Å². The lowest BCUT2D eigenvalue weighted by Gasteiger charge is -2.25. The molecule has 244 valence electrons. The summed E-state index contributed by atoms with van der Waals surface area (Å²) in [6, 6.07) is 8.20. The molecule has 0 radical (unpaired) electrons. The summed E-state index contributed by atoms with van der Waals surface area (Å²) in [5, 5.41) is 21.0. The van der Waals surface area contributed by atoms with Crippen LogP contribution in [0.4, 0.5) is 5.69 Å². The number of amides is 4. The van der Waals surface area contributed by atoms with Gasteiger partial charge in [0.1, 0.15) is 18.1 Å². The Morgan fingerprint density at radius 3 is 2.22 bits per heavy atom. The molecule has 3 rings (SSSR count). The van der Waals surface area contributed by atoms with E-state index in [4.69, 9.17) is 17.0 Å². The topological polar surface area (TPSA) is 275 Å². The second-order valence-corrected chi connectivity index (χ2v) is 12.0. The molecule has 0 fully saturated rings. The number of carbonyl (C=O) groups excluding carboxylic acids is 4. The predicted molar refractivity (Wildman–Crippen MR) is 170 cm³/mol. The number of rotatable bonds is 17. The van der Waals surface area contributed by atoms with E-state index < -0.39 is 71.0 Å². The fourth-order valence-electron chi connectivity index (χ4n) is 4.60. The average molecular weight is 654 g/mol. The third-order valence-electron chi connectivity index (χ3n) is 6.99. The molecule has 16 nitrogen and oxygen atoms in total. The van der Waals surface area contributed by atoms with Gasteiger partial charge in [0.25, 0.3) is 0 Å². The van der Waals surface area contributed by atoms with Crippen LogP contribution >= 0.6 is 0 Å². The lowest BCUT2D eigenvalue weighted by molar-refractivity contribution is -0.141. The van der Waals surface area contributed by atoms with E-state index in [0.717, 1.165) is 16.5 Å². The summed E-state index contributed by atoms with van der Waals surface area (Å²) in [5.74, 6) is -4.96. The van der Waals surface area contributed by atoms with Gasteiger partial charge >= 0.3 is 5.97 Å². The molecule has 9 N–H and O–H groups in total. The van der Waals surface area contributed by atoms with E-state index >= 15 is 0 Å². The van der Waals surface area contributed by atoms with E-state index in [2.05, 4.69) is 31.0 Å². The van der Waals surface area contributed by atoms with Crippen LogP contribution in [0.15, 0.2) is 59.8 Å². The van der Waals surface area contributed by atoms with Gasteiger partial charge in [0.15, 0.2) is 0 Å². The minimum absolute atomic E-state index is 0.00800. The molecule has 0 spiro atoms. The maximum Gasteiger partial charge on any atom is 0.305 e. The Balaban J connectivity index is 1.72. The van der Waals surface area contributed by atoms with Crippen LogP contribution in [0, 0.1) is 0 Å². The van der Waals surface area contributed by atoms with Gasteiger partial charge < -0.3 is 37.5 Å². The Hall–Kier alpha value is -5.25. The van der Waals surface area contributed by atoms with Crippen molar-refractivity contribution in [1.29, 1.82) is 0 Å². The van der Waals surface area contributed by atoms with Gasteiger partial charge in [-0.05, 0) is 35.6 Å². The molecule has 4 amide bonds. The summed E-state index contributed by atoms with van der Waals surface area (Å²) in [6.07, 6.45) is 2.24. The normalized spacial score (nSPS) is 14.1. The number of hydrogen-bond donors (Lipinski definition) is 7. The predicted octanol–water partition coefficient (Wildman–Crippen LogP) is 0.405. The molecule has 1 heterocycles. The van der Waals surface area contributed by atoms with Crippen LogP contribution in [0.5, 0.6) is 0 Å². The number of carboxylic acid groups (broad SMARTS) is 1. The van der Waals surface area contributed by atoms with Crippen molar-refractivity contribution >= 4 is 57.0 Å². The molecular formula is C29H35N9O7S. The van der Waals surface area contributed by atoms with Crippen molar-refractivity contribution in [2.24, 2.45) is 16.6 Å². The van der Waals surface area contributed by atoms with Crippen molar-refractivity contribution in [1.82, 2.24) is 20.9 Å². The Bertz CT molecular complexity index is 1650. The van der Waals surface area contributed by atoms with Gasteiger partial charge in [0.05, 0.1) is 12.5 Å². The third-order valence-corrected chi connectivity index (χ3v) is 7.80. The van der Waals surface area contributed by atoms with E-state index in [0.29, 0.717) is 11.3 Å². The Kier molecular flexibility index (Phi) is 12.8. The molecule has 5 atom stereocenters. The number of H-pyrrole nitrogens is 1. The number of carboxylic acids is 1. The molecule has 0 aliphatic carbocycles. The van der Waals surface area contributed by atoms with Crippen LogP contribution in [0.25, 0.3) is 21.3 Å². The van der Waals surface area contributed by atoms with Crippen molar-refractivity contribution < 1.29 is 33.3 Å². The number of hydrogen-bond acceptors (Lipinski definition) is 8. The fourth-order valence-corrected chi connectivity index (χ4v) is 5.17. The number of primary amides is 1. The second kappa shape index (κ2) is 16.7. The largest absolute Gasteiger partial charge is 0.481 e. The smallest absolute Gasteiger partial charge is 0.305 e. The minimum Gasteiger partial charge on any atom is -0.481 e. The highest BCUT2D eigenvalue weighted by Gasteiger charge is 2.31. The zero-order valence-corrected chi connectivity index (χ0v) is 25.7. The lowest BCUT2D eigenvalue weighted by Crippen LogP contribution is -2.58. The zero-order chi connectivity index (χ0) is 33.8. The summed E-state index contributed by atoms with van der Waals surface area (Å²) in [7, 11) is -1.35. The maximum absolute atomic E-state index is 13.3. The first-order valence-electron chi connectivity index (χ1n) is 14.0. The quantitative estimate of drug-likeness (QED) is 0.0607. The van der Waals surface area contributed by atoms with Gasteiger partial charge in [-0.3, -0.25) is 28.2 Å². The van der Waals surface area contributed by atoms with E-state index in [1.807, 2.05) is 24.3 Å². The summed E-state index contributed by atoms with van der Waals surface area (Å²) < 4.78 is 11.8. The number of nitrogens with one attached hydrogen (secondary N) is 4. The van der Waals surface area contributed by atoms with Crippen LogP contribution in [-0.2, 0) is 47.6 Å². The van der Waals surface area contributed by atoms with E-state index in [9.17, 15) is 33.3 Å². The highest BCUT2D eigenvalue weighted by atomic mass is 32.2. The van der Waals surface area contributed by atoms with Crippen molar-refractivity contribution in [3.05, 3.63) is 76.3 Å². The number of aromatic amines is 1. The van der Waals surface area contributed by atoms with Gasteiger partial charge in [0.2, 0.25) is 23.6 Å². The SMILES string of the molecule is CS(=O)CC[C@H](NC(=O)[C@H](N)Cc1c[nH]c2ccccc12)C(=O)N[C@@H](CC(=O)O)C(=O)N[C@@H](Cc1ccc(N=[N+]=[N-])cc1)C(N)=O. The standard InChI is InChI=1S/C29H35N9O7S/c1-46(45)11-10-22(34-27(42)20(30)13-17-15-33-21-5-3-2-4-19(17)21)28(43)36-24(14-25(39)40)29(44)35-23(26(31)41)12-16-6-8-18(9-7-16)37-38-32/h2-9,15,20,22-24,33H,10-14,30H2,1H3,(H2,31,41)(H,34,42)(H,35,44)(H,36,43)(H,39,40)/t20-,22+,23+,24+,46?/m1/s1. The number of azide groups is 1. The van der Waals surface area contributed by atoms with Crippen LogP contribution < -0.4 is 27.4 Å². The fraction of sp³-hybridized carbons (Fsp3) is 0.345. The third kappa shape index (κ3) is 10.4. The number of aliphatic carboxylic acids is 1. The minimum atomic E-state index is -1.66. The number of fused-ring (bicyclic) bond motifs is 1. The highest BCUT2D eigenvalue weighted by molar-refractivity contribution is 7.84. The van der Waals surface area contributed by atoms with Crippen molar-refractivity contribution in [3.8, 4) is 0 Å². The number of aromatic nitrogens is 1. The van der Waals surface area contributed by atoms with Gasteiger partial charge in [0, 0.05) is 56.9 Å². The first kappa shape index (κ1) is 35.2. The number of benzene rings is 2.